The average molecular weight is 256 g/mol. The Hall–Kier alpha value is -2.35. The van der Waals surface area contributed by atoms with Crippen LogP contribution in [-0.4, -0.2) is 40.9 Å². The Bertz CT molecular complexity index is 462. The first-order valence-electron chi connectivity index (χ1n) is 4.92. The number of carboxylic acid groups (broad SMARTS) is 1. The van der Waals surface area contributed by atoms with Crippen molar-refractivity contribution in [2.45, 2.75) is 6.04 Å². The number of carboxylic acids is 1. The summed E-state index contributed by atoms with van der Waals surface area (Å²) < 4.78 is 4.84. The third-order valence-electron chi connectivity index (χ3n) is 2.21. The van der Waals surface area contributed by atoms with E-state index in [0.29, 0.717) is 0 Å². The fourth-order valence-electron chi connectivity index (χ4n) is 1.28. The molecule has 8 heteroatoms. The number of nitrogens with zero attached hydrogens (tertiary/aromatic N) is 1. The number of benzene rings is 1. The SMILES string of the molecule is COc1ccc(N[C@H](CO)C(=O)O)c([N+](=O)[O-])c1. The lowest BCUT2D eigenvalue weighted by molar-refractivity contribution is -0.384. The molecule has 0 saturated carbocycles. The highest BCUT2D eigenvalue weighted by molar-refractivity contribution is 5.79. The summed E-state index contributed by atoms with van der Waals surface area (Å²) in [6.45, 7) is -0.682. The van der Waals surface area contributed by atoms with E-state index >= 15 is 0 Å². The number of aliphatic hydroxyl groups is 1. The standard InChI is InChI=1S/C10H12N2O6/c1-18-6-2-3-7(9(4-6)12(16)17)11-8(5-13)10(14)15/h2-4,8,11,13H,5H2,1H3,(H,14,15)/t8-/m1/s1. The van der Waals surface area contributed by atoms with Crippen molar-refractivity contribution in [3.05, 3.63) is 28.3 Å². The number of methoxy groups -OCH3 is 1. The molecule has 0 amide bonds. The molecule has 0 aliphatic carbocycles. The van der Waals surface area contributed by atoms with Crippen LogP contribution in [0.2, 0.25) is 0 Å². The molecule has 0 radical (unpaired) electrons. The summed E-state index contributed by atoms with van der Waals surface area (Å²) in [4.78, 5) is 20.9. The van der Waals surface area contributed by atoms with E-state index in [9.17, 15) is 14.9 Å². The number of aliphatic hydroxyl groups excluding tert-OH is 1. The van der Waals surface area contributed by atoms with Crippen LogP contribution in [-0.2, 0) is 4.79 Å². The van der Waals surface area contributed by atoms with Crippen molar-refractivity contribution in [2.24, 2.45) is 0 Å². The van der Waals surface area contributed by atoms with E-state index in [1.807, 2.05) is 0 Å². The van der Waals surface area contributed by atoms with Gasteiger partial charge in [-0.2, -0.15) is 0 Å². The zero-order chi connectivity index (χ0) is 13.7. The van der Waals surface area contributed by atoms with Gasteiger partial charge in [-0.25, -0.2) is 4.79 Å². The molecule has 1 rings (SSSR count). The maximum atomic E-state index is 10.8. The summed E-state index contributed by atoms with van der Waals surface area (Å²) in [5, 5.41) is 30.8. The van der Waals surface area contributed by atoms with Crippen LogP contribution >= 0.6 is 0 Å². The van der Waals surface area contributed by atoms with Crippen molar-refractivity contribution in [1.82, 2.24) is 0 Å². The van der Waals surface area contributed by atoms with Gasteiger partial charge in [0, 0.05) is 0 Å². The average Bonchev–Trinajstić information content (AvgIpc) is 2.35. The first-order chi connectivity index (χ1) is 8.49. The number of nitro benzene ring substituents is 1. The molecule has 0 aliphatic heterocycles. The largest absolute Gasteiger partial charge is 0.496 e. The molecule has 0 aliphatic rings. The van der Waals surface area contributed by atoms with Crippen molar-refractivity contribution in [1.29, 1.82) is 0 Å². The van der Waals surface area contributed by atoms with Crippen molar-refractivity contribution in [3.63, 3.8) is 0 Å². The quantitative estimate of drug-likeness (QED) is 0.499. The second kappa shape index (κ2) is 5.82. The Balaban J connectivity index is 3.08. The summed E-state index contributed by atoms with van der Waals surface area (Å²) in [6, 6.07) is 2.63. The van der Waals surface area contributed by atoms with Crippen molar-refractivity contribution in [2.75, 3.05) is 19.0 Å². The topological polar surface area (TPSA) is 122 Å². The summed E-state index contributed by atoms with van der Waals surface area (Å²) in [5.41, 5.74) is -0.323. The van der Waals surface area contributed by atoms with Gasteiger partial charge in [0.2, 0.25) is 0 Å². The number of hydrogen-bond acceptors (Lipinski definition) is 6. The molecule has 0 bridgehead atoms. The zero-order valence-electron chi connectivity index (χ0n) is 9.49. The maximum Gasteiger partial charge on any atom is 0.328 e. The van der Waals surface area contributed by atoms with Gasteiger partial charge in [-0.05, 0) is 12.1 Å². The fourth-order valence-corrected chi connectivity index (χ4v) is 1.28. The highest BCUT2D eigenvalue weighted by Gasteiger charge is 2.21. The van der Waals surface area contributed by atoms with Crippen LogP contribution in [0.15, 0.2) is 18.2 Å². The number of hydrogen-bond donors (Lipinski definition) is 3. The monoisotopic (exact) mass is 256 g/mol. The van der Waals surface area contributed by atoms with E-state index in [1.165, 1.54) is 25.3 Å². The van der Waals surface area contributed by atoms with E-state index in [-0.39, 0.29) is 17.1 Å². The number of ether oxygens (including phenoxy) is 1. The number of nitro groups is 1. The number of nitrogens with one attached hydrogen (secondary N) is 1. The molecule has 1 atom stereocenters. The molecule has 8 nitrogen and oxygen atoms in total. The molecule has 0 heterocycles. The molecule has 18 heavy (non-hydrogen) atoms. The van der Waals surface area contributed by atoms with Gasteiger partial charge >= 0.3 is 5.97 Å². The van der Waals surface area contributed by atoms with Crippen LogP contribution in [0.3, 0.4) is 0 Å². The Morgan fingerprint density at radius 1 is 1.61 bits per heavy atom. The molecule has 0 spiro atoms. The highest BCUT2D eigenvalue weighted by atomic mass is 16.6. The van der Waals surface area contributed by atoms with Gasteiger partial charge in [-0.3, -0.25) is 10.1 Å². The minimum Gasteiger partial charge on any atom is -0.496 e. The normalized spacial score (nSPS) is 11.7. The van der Waals surface area contributed by atoms with Gasteiger partial charge in [0.1, 0.15) is 17.5 Å². The lowest BCUT2D eigenvalue weighted by atomic mass is 10.2. The number of rotatable bonds is 6. The molecule has 0 unspecified atom stereocenters. The van der Waals surface area contributed by atoms with Crippen LogP contribution in [0.25, 0.3) is 0 Å². The summed E-state index contributed by atoms with van der Waals surface area (Å²) >= 11 is 0. The zero-order valence-corrected chi connectivity index (χ0v) is 9.49. The molecule has 0 saturated heterocycles. The minimum absolute atomic E-state index is 0.00208. The highest BCUT2D eigenvalue weighted by Crippen LogP contribution is 2.29. The first kappa shape index (κ1) is 13.7. The van der Waals surface area contributed by atoms with Crippen LogP contribution < -0.4 is 10.1 Å². The molecule has 3 N–H and O–H groups in total. The van der Waals surface area contributed by atoms with E-state index in [2.05, 4.69) is 5.32 Å². The Morgan fingerprint density at radius 2 is 2.28 bits per heavy atom. The smallest absolute Gasteiger partial charge is 0.328 e. The summed E-state index contributed by atoms with van der Waals surface area (Å²) in [6.07, 6.45) is 0. The lowest BCUT2D eigenvalue weighted by Crippen LogP contribution is -2.32. The molecule has 0 fully saturated rings. The number of aliphatic carboxylic acids is 1. The lowest BCUT2D eigenvalue weighted by Gasteiger charge is -2.13. The Labute approximate surface area is 102 Å². The predicted octanol–water partition coefficient (Wildman–Crippen LogP) is 0.461. The van der Waals surface area contributed by atoms with Crippen molar-refractivity contribution < 1.29 is 24.7 Å². The molecule has 1 aromatic rings. The van der Waals surface area contributed by atoms with Gasteiger partial charge < -0.3 is 20.3 Å². The molecule has 0 aromatic heterocycles. The van der Waals surface area contributed by atoms with Crippen LogP contribution in [0, 0.1) is 10.1 Å². The molecule has 98 valence electrons. The van der Waals surface area contributed by atoms with E-state index in [4.69, 9.17) is 14.9 Å². The van der Waals surface area contributed by atoms with Gasteiger partial charge in [0.15, 0.2) is 0 Å². The molecule has 1 aromatic carbocycles. The summed E-state index contributed by atoms with van der Waals surface area (Å²) in [7, 11) is 1.36. The van der Waals surface area contributed by atoms with Crippen molar-refractivity contribution in [3.8, 4) is 5.75 Å². The minimum atomic E-state index is -1.31. The Morgan fingerprint density at radius 3 is 2.72 bits per heavy atom. The third kappa shape index (κ3) is 3.08. The third-order valence-corrected chi connectivity index (χ3v) is 2.21. The van der Waals surface area contributed by atoms with Gasteiger partial charge in [0.05, 0.1) is 24.7 Å². The van der Waals surface area contributed by atoms with Crippen LogP contribution in [0.4, 0.5) is 11.4 Å². The number of anilines is 1. The molecular formula is C10H12N2O6. The molecular weight excluding hydrogens is 244 g/mol. The van der Waals surface area contributed by atoms with Gasteiger partial charge in [-0.15, -0.1) is 0 Å². The predicted molar refractivity (Wildman–Crippen MR) is 61.8 cm³/mol. The van der Waals surface area contributed by atoms with Crippen LogP contribution in [0.5, 0.6) is 5.75 Å². The summed E-state index contributed by atoms with van der Waals surface area (Å²) in [5.74, 6) is -1.02. The van der Waals surface area contributed by atoms with E-state index in [0.717, 1.165) is 0 Å². The maximum absolute atomic E-state index is 10.8. The second-order valence-electron chi connectivity index (χ2n) is 3.36. The van der Waals surface area contributed by atoms with Gasteiger partial charge in [0.25, 0.3) is 5.69 Å². The Kier molecular flexibility index (Phi) is 4.44. The first-order valence-corrected chi connectivity index (χ1v) is 4.92. The van der Waals surface area contributed by atoms with E-state index < -0.39 is 23.5 Å². The van der Waals surface area contributed by atoms with E-state index in [1.54, 1.807) is 0 Å². The van der Waals surface area contributed by atoms with Gasteiger partial charge in [-0.1, -0.05) is 0 Å². The van der Waals surface area contributed by atoms with Crippen LogP contribution in [0.1, 0.15) is 0 Å². The fraction of sp³-hybridized carbons (Fsp3) is 0.300. The second-order valence-corrected chi connectivity index (χ2v) is 3.36. The number of carbonyl (C=O) groups is 1. The van der Waals surface area contributed by atoms with Crippen molar-refractivity contribution >= 4 is 17.3 Å².